The van der Waals surface area contributed by atoms with Gasteiger partial charge in [0, 0.05) is 13.0 Å². The van der Waals surface area contributed by atoms with Gasteiger partial charge in [0.2, 0.25) is 0 Å². The largest absolute Gasteiger partial charge is 0.353 e. The van der Waals surface area contributed by atoms with Gasteiger partial charge in [-0.05, 0) is 39.0 Å². The number of rotatable bonds is 6. The minimum atomic E-state index is -0.597. The van der Waals surface area contributed by atoms with Crippen molar-refractivity contribution < 1.29 is 18.9 Å². The van der Waals surface area contributed by atoms with Crippen LogP contribution < -0.4 is 0 Å². The molecule has 0 aromatic carbocycles. The number of methoxy groups -OCH3 is 1. The van der Waals surface area contributed by atoms with Crippen LogP contribution in [0.3, 0.4) is 0 Å². The van der Waals surface area contributed by atoms with E-state index in [2.05, 4.69) is 19.9 Å². The highest BCUT2D eigenvalue weighted by atomic mass is 16.8. The predicted molar refractivity (Wildman–Crippen MR) is 77.3 cm³/mol. The summed E-state index contributed by atoms with van der Waals surface area (Å²) in [5.74, 6) is 0.00773. The predicted octanol–water partition coefficient (Wildman–Crippen LogP) is 2.84. The van der Waals surface area contributed by atoms with Crippen LogP contribution in [0.5, 0.6) is 0 Å². The fourth-order valence-electron chi connectivity index (χ4n) is 3.23. The molecule has 5 atom stereocenters. The number of nitrogens with zero attached hydrogens (tertiary/aromatic N) is 1. The third kappa shape index (κ3) is 3.95. The first-order valence-corrected chi connectivity index (χ1v) is 7.79. The first kappa shape index (κ1) is 16.7. The molecule has 120 valence electrons. The average Bonchev–Trinajstić information content (AvgIpc) is 2.87. The molecule has 5 nitrogen and oxygen atoms in total. The van der Waals surface area contributed by atoms with Crippen LogP contribution in [0.25, 0.3) is 0 Å². The Bertz CT molecular complexity index is 390. The number of fused-ring (bicyclic) bond motifs is 1. The lowest BCUT2D eigenvalue weighted by Gasteiger charge is -2.24. The standard InChI is InChI=1S/C16H27NO4/c1-10(2)8-11(9-17)6-7-12-13-14(15(18-5)19-12)21-16(3,4)20-13/h10-15H,6-8H2,1-5H3/t11?,12-,13-,14-,15-/m1/s1. The van der Waals surface area contributed by atoms with Crippen molar-refractivity contribution in [2.45, 2.75) is 77.3 Å². The number of hydrogen-bond donors (Lipinski definition) is 0. The maximum Gasteiger partial charge on any atom is 0.186 e. The number of ether oxygens (including phenoxy) is 4. The van der Waals surface area contributed by atoms with Gasteiger partial charge < -0.3 is 18.9 Å². The Hall–Kier alpha value is -0.670. The summed E-state index contributed by atoms with van der Waals surface area (Å²) in [4.78, 5) is 0. The second kappa shape index (κ2) is 6.62. The molecule has 2 rings (SSSR count). The van der Waals surface area contributed by atoms with E-state index < -0.39 is 5.79 Å². The molecule has 0 amide bonds. The van der Waals surface area contributed by atoms with Crippen LogP contribution in [-0.4, -0.2) is 37.5 Å². The van der Waals surface area contributed by atoms with E-state index in [1.54, 1.807) is 7.11 Å². The quantitative estimate of drug-likeness (QED) is 0.754. The molecule has 0 aliphatic carbocycles. The van der Waals surface area contributed by atoms with E-state index >= 15 is 0 Å². The molecule has 0 aromatic heterocycles. The third-order valence-electron chi connectivity index (χ3n) is 4.08. The van der Waals surface area contributed by atoms with Gasteiger partial charge in [-0.2, -0.15) is 5.26 Å². The van der Waals surface area contributed by atoms with E-state index in [4.69, 9.17) is 18.9 Å². The van der Waals surface area contributed by atoms with Gasteiger partial charge in [0.15, 0.2) is 12.1 Å². The lowest BCUT2D eigenvalue weighted by atomic mass is 9.92. The minimum Gasteiger partial charge on any atom is -0.353 e. The van der Waals surface area contributed by atoms with Gasteiger partial charge >= 0.3 is 0 Å². The molecule has 0 spiro atoms. The zero-order valence-corrected chi connectivity index (χ0v) is 13.7. The highest BCUT2D eigenvalue weighted by molar-refractivity contribution is 4.96. The third-order valence-corrected chi connectivity index (χ3v) is 4.08. The summed E-state index contributed by atoms with van der Waals surface area (Å²) in [5.41, 5.74) is 0. The Balaban J connectivity index is 1.93. The Labute approximate surface area is 127 Å². The van der Waals surface area contributed by atoms with Crippen LogP contribution in [0.4, 0.5) is 0 Å². The van der Waals surface area contributed by atoms with Gasteiger partial charge in [0.1, 0.15) is 12.2 Å². The molecule has 2 aliphatic rings. The number of nitriles is 1. The van der Waals surface area contributed by atoms with Crippen molar-refractivity contribution in [2.75, 3.05) is 7.11 Å². The molecule has 1 unspecified atom stereocenters. The van der Waals surface area contributed by atoms with E-state index in [0.29, 0.717) is 5.92 Å². The van der Waals surface area contributed by atoms with Crippen molar-refractivity contribution in [1.29, 1.82) is 5.26 Å². The summed E-state index contributed by atoms with van der Waals surface area (Å²) in [5, 5.41) is 9.25. The van der Waals surface area contributed by atoms with Crippen LogP contribution in [0.2, 0.25) is 0 Å². The van der Waals surface area contributed by atoms with Crippen LogP contribution in [0.1, 0.15) is 47.0 Å². The summed E-state index contributed by atoms with van der Waals surface area (Å²) in [7, 11) is 1.62. The highest BCUT2D eigenvalue weighted by Crippen LogP contribution is 2.40. The molecule has 2 aliphatic heterocycles. The first-order valence-electron chi connectivity index (χ1n) is 7.79. The van der Waals surface area contributed by atoms with Crippen molar-refractivity contribution in [1.82, 2.24) is 0 Å². The second-order valence-corrected chi connectivity index (χ2v) is 6.88. The second-order valence-electron chi connectivity index (χ2n) is 6.88. The summed E-state index contributed by atoms with van der Waals surface area (Å²) < 4.78 is 23.1. The fourth-order valence-corrected chi connectivity index (χ4v) is 3.23. The smallest absolute Gasteiger partial charge is 0.186 e. The molecule has 0 bridgehead atoms. The van der Waals surface area contributed by atoms with Crippen LogP contribution in [0.15, 0.2) is 0 Å². The van der Waals surface area contributed by atoms with Crippen molar-refractivity contribution in [3.05, 3.63) is 0 Å². The molecular formula is C16H27NO4. The lowest BCUT2D eigenvalue weighted by Crippen LogP contribution is -2.30. The molecule has 2 saturated heterocycles. The van der Waals surface area contributed by atoms with Crippen molar-refractivity contribution >= 4 is 0 Å². The maximum atomic E-state index is 9.25. The van der Waals surface area contributed by atoms with E-state index in [1.165, 1.54) is 0 Å². The monoisotopic (exact) mass is 297 g/mol. The molecule has 5 heteroatoms. The van der Waals surface area contributed by atoms with Crippen LogP contribution in [-0.2, 0) is 18.9 Å². The maximum absolute atomic E-state index is 9.25. The summed E-state index contributed by atoms with van der Waals surface area (Å²) in [6.45, 7) is 8.10. The van der Waals surface area contributed by atoms with Gasteiger partial charge in [-0.25, -0.2) is 0 Å². The van der Waals surface area contributed by atoms with Gasteiger partial charge in [-0.1, -0.05) is 13.8 Å². The highest BCUT2D eigenvalue weighted by Gasteiger charge is 2.55. The molecule has 0 saturated carbocycles. The molecule has 21 heavy (non-hydrogen) atoms. The van der Waals surface area contributed by atoms with Gasteiger partial charge in [0.25, 0.3) is 0 Å². The van der Waals surface area contributed by atoms with Crippen molar-refractivity contribution in [3.8, 4) is 6.07 Å². The van der Waals surface area contributed by atoms with Crippen LogP contribution in [0, 0.1) is 23.2 Å². The molecule has 2 fully saturated rings. The zero-order valence-electron chi connectivity index (χ0n) is 13.7. The zero-order chi connectivity index (χ0) is 15.6. The Morgan fingerprint density at radius 1 is 1.24 bits per heavy atom. The molecule has 0 N–H and O–H groups in total. The topological polar surface area (TPSA) is 60.7 Å². The summed E-state index contributed by atoms with van der Waals surface area (Å²) in [6.07, 6.45) is 1.81. The van der Waals surface area contributed by atoms with E-state index in [-0.39, 0.29) is 30.5 Å². The van der Waals surface area contributed by atoms with Crippen LogP contribution >= 0.6 is 0 Å². The van der Waals surface area contributed by atoms with Crippen molar-refractivity contribution in [3.63, 3.8) is 0 Å². The summed E-state index contributed by atoms with van der Waals surface area (Å²) >= 11 is 0. The molecule has 0 radical (unpaired) electrons. The normalized spacial score (nSPS) is 35.7. The molecule has 2 heterocycles. The van der Waals surface area contributed by atoms with Gasteiger partial charge in [-0.3, -0.25) is 0 Å². The summed E-state index contributed by atoms with van der Waals surface area (Å²) in [6, 6.07) is 2.40. The van der Waals surface area contributed by atoms with E-state index in [0.717, 1.165) is 19.3 Å². The Morgan fingerprint density at radius 2 is 1.90 bits per heavy atom. The molecular weight excluding hydrogens is 270 g/mol. The number of hydrogen-bond acceptors (Lipinski definition) is 5. The Morgan fingerprint density at radius 3 is 2.48 bits per heavy atom. The van der Waals surface area contributed by atoms with E-state index in [1.807, 2.05) is 13.8 Å². The minimum absolute atomic E-state index is 0.0651. The lowest BCUT2D eigenvalue weighted by molar-refractivity contribution is -0.227. The Kier molecular flexibility index (Phi) is 5.26. The first-order chi connectivity index (χ1) is 9.86. The van der Waals surface area contributed by atoms with E-state index in [9.17, 15) is 5.26 Å². The fraction of sp³-hybridized carbons (Fsp3) is 0.938. The van der Waals surface area contributed by atoms with Gasteiger partial charge in [-0.15, -0.1) is 0 Å². The average molecular weight is 297 g/mol. The SMILES string of the molecule is CO[C@@H]1O[C@H](CCC(C#N)CC(C)C)[C@H]2OC(C)(C)O[C@@H]12. The molecule has 0 aromatic rings. The van der Waals surface area contributed by atoms with Crippen molar-refractivity contribution in [2.24, 2.45) is 11.8 Å². The van der Waals surface area contributed by atoms with Gasteiger partial charge in [0.05, 0.1) is 12.2 Å².